The second-order valence-electron chi connectivity index (χ2n) is 14.9. The molecule has 0 saturated heterocycles. The number of rotatable bonds is 4. The van der Waals surface area contributed by atoms with Crippen LogP contribution in [0.4, 0.5) is 0 Å². The average molecular weight is 502 g/mol. The van der Waals surface area contributed by atoms with Crippen LogP contribution >= 0.6 is 0 Å². The first kappa shape index (κ1) is 27.7. The second kappa shape index (κ2) is 8.63. The number of allylic oxidation sites excluding steroid dienone is 4. The van der Waals surface area contributed by atoms with E-state index in [-0.39, 0.29) is 27.5 Å². The Hall–Kier alpha value is -0.836. The van der Waals surface area contributed by atoms with Gasteiger partial charge in [0.25, 0.3) is 0 Å². The fourth-order valence-corrected chi connectivity index (χ4v) is 8.81. The molecule has 0 radical (unpaired) electrons. The first-order valence-electron chi connectivity index (χ1n) is 13.4. The molecule has 0 aromatic rings. The molecular formula is C29H51NO2Si2. The summed E-state index contributed by atoms with van der Waals surface area (Å²) in [6.45, 7) is 27.9. The fraction of sp³-hybridized carbons (Fsp3) is 0.828. The summed E-state index contributed by atoms with van der Waals surface area (Å²) in [5.41, 5.74) is -0.408. The quantitative estimate of drug-likeness (QED) is 0.285. The van der Waals surface area contributed by atoms with Gasteiger partial charge < -0.3 is 8.85 Å². The van der Waals surface area contributed by atoms with Gasteiger partial charge in [0, 0.05) is 6.42 Å². The van der Waals surface area contributed by atoms with Crippen LogP contribution in [0, 0.1) is 39.9 Å². The Balaban J connectivity index is 2.08. The molecule has 1 fully saturated rings. The minimum Gasteiger partial charge on any atom is -0.547 e. The van der Waals surface area contributed by atoms with Crippen molar-refractivity contribution >= 4 is 16.6 Å². The van der Waals surface area contributed by atoms with Crippen molar-refractivity contribution in [1.82, 2.24) is 0 Å². The van der Waals surface area contributed by atoms with E-state index in [4.69, 9.17) is 8.85 Å². The van der Waals surface area contributed by atoms with Gasteiger partial charge in [0.05, 0.1) is 23.3 Å². The Labute approximate surface area is 212 Å². The van der Waals surface area contributed by atoms with Gasteiger partial charge in [-0.2, -0.15) is 5.26 Å². The molecule has 1 saturated carbocycles. The summed E-state index contributed by atoms with van der Waals surface area (Å²) in [6.07, 6.45) is 10.7. The largest absolute Gasteiger partial charge is 0.547 e. The van der Waals surface area contributed by atoms with Gasteiger partial charge >= 0.3 is 0 Å². The summed E-state index contributed by atoms with van der Waals surface area (Å²) >= 11 is 0. The van der Waals surface area contributed by atoms with Crippen molar-refractivity contribution in [2.45, 2.75) is 123 Å². The van der Waals surface area contributed by atoms with E-state index in [0.29, 0.717) is 18.3 Å². The van der Waals surface area contributed by atoms with Crippen LogP contribution in [0.1, 0.15) is 81.1 Å². The molecule has 0 unspecified atom stereocenters. The number of nitriles is 1. The SMILES string of the molecule is C[C@@H]1C=CC[C@]2(C)[C@H]3CC=C(O[Si](C)(C)C(C)(C)C)C[C@]3(C#N)[C@H](O[Si](C)(C)C(C)(C)C)C[C@@H]12. The van der Waals surface area contributed by atoms with Crippen LogP contribution in [-0.4, -0.2) is 22.7 Å². The first-order chi connectivity index (χ1) is 15.3. The van der Waals surface area contributed by atoms with Gasteiger partial charge in [-0.1, -0.05) is 67.5 Å². The maximum absolute atomic E-state index is 11.0. The van der Waals surface area contributed by atoms with Crippen LogP contribution in [-0.2, 0) is 8.85 Å². The van der Waals surface area contributed by atoms with Gasteiger partial charge in [0.1, 0.15) is 0 Å². The highest BCUT2D eigenvalue weighted by Gasteiger charge is 2.64. The smallest absolute Gasteiger partial charge is 0.250 e. The average Bonchev–Trinajstić information content (AvgIpc) is 2.67. The maximum atomic E-state index is 11.0. The van der Waals surface area contributed by atoms with E-state index >= 15 is 0 Å². The Morgan fingerprint density at radius 2 is 1.62 bits per heavy atom. The molecule has 0 heterocycles. The highest BCUT2D eigenvalue weighted by atomic mass is 28.4. The minimum absolute atomic E-state index is 0.0397. The van der Waals surface area contributed by atoms with E-state index in [1.165, 1.54) is 0 Å². The standard InChI is InChI=1S/C29H51NO2Si2/c1-21-14-13-17-28(8)23(21)18-25(32-34(11,12)27(5,6)7)29(20-30)19-22(15-16-24(28)29)31-33(9,10)26(2,3)4/h13-15,21,23-25H,16-19H2,1-12H3/t21-,23+,24-,25-,28+,29-/m1/s1. The van der Waals surface area contributed by atoms with Crippen LogP contribution < -0.4 is 0 Å². The molecule has 0 aromatic heterocycles. The van der Waals surface area contributed by atoms with Gasteiger partial charge in [-0.05, 0) is 84.8 Å². The molecule has 3 aliphatic carbocycles. The zero-order valence-corrected chi connectivity index (χ0v) is 26.1. The van der Waals surface area contributed by atoms with Crippen molar-refractivity contribution < 1.29 is 8.85 Å². The van der Waals surface area contributed by atoms with Crippen molar-refractivity contribution in [3.8, 4) is 6.07 Å². The molecule has 3 aliphatic rings. The Morgan fingerprint density at radius 3 is 2.15 bits per heavy atom. The number of hydrogen-bond donors (Lipinski definition) is 0. The third kappa shape index (κ3) is 4.52. The summed E-state index contributed by atoms with van der Waals surface area (Å²) in [6, 6.07) is 2.94. The molecule has 0 amide bonds. The maximum Gasteiger partial charge on any atom is 0.250 e. The summed E-state index contributed by atoms with van der Waals surface area (Å²) in [5, 5.41) is 11.2. The molecule has 6 atom stereocenters. The lowest BCUT2D eigenvalue weighted by Crippen LogP contribution is -2.62. The van der Waals surface area contributed by atoms with Gasteiger partial charge in [0.15, 0.2) is 8.32 Å². The molecular weight excluding hydrogens is 450 g/mol. The highest BCUT2D eigenvalue weighted by molar-refractivity contribution is 6.74. The summed E-state index contributed by atoms with van der Waals surface area (Å²) in [4.78, 5) is 0. The Kier molecular flexibility index (Phi) is 7.04. The third-order valence-corrected chi connectivity index (χ3v) is 19.5. The third-order valence-electron chi connectivity index (χ3n) is 10.6. The second-order valence-corrected chi connectivity index (χ2v) is 24.3. The summed E-state index contributed by atoms with van der Waals surface area (Å²) in [7, 11) is -4.03. The molecule has 34 heavy (non-hydrogen) atoms. The monoisotopic (exact) mass is 501 g/mol. The summed E-state index contributed by atoms with van der Waals surface area (Å²) in [5.74, 6) is 2.41. The van der Waals surface area contributed by atoms with Crippen LogP contribution in [0.5, 0.6) is 0 Å². The molecule has 0 spiro atoms. The Bertz CT molecular complexity index is 885. The van der Waals surface area contributed by atoms with Crippen LogP contribution in [0.2, 0.25) is 36.3 Å². The topological polar surface area (TPSA) is 42.2 Å². The lowest BCUT2D eigenvalue weighted by Gasteiger charge is -2.62. The van der Waals surface area contributed by atoms with E-state index in [1.807, 2.05) is 0 Å². The molecule has 5 heteroatoms. The van der Waals surface area contributed by atoms with Crippen LogP contribution in [0.3, 0.4) is 0 Å². The van der Waals surface area contributed by atoms with Crippen molar-refractivity contribution in [3.63, 3.8) is 0 Å². The number of nitrogens with zero attached hydrogens (tertiary/aromatic N) is 1. The molecule has 0 aliphatic heterocycles. The van der Waals surface area contributed by atoms with E-state index in [2.05, 4.69) is 106 Å². The molecule has 0 N–H and O–H groups in total. The summed E-state index contributed by atoms with van der Waals surface area (Å²) < 4.78 is 14.1. The molecule has 0 bridgehead atoms. The van der Waals surface area contributed by atoms with Gasteiger partial charge in [-0.15, -0.1) is 0 Å². The lowest BCUT2D eigenvalue weighted by atomic mass is 9.44. The highest BCUT2D eigenvalue weighted by Crippen LogP contribution is 2.65. The van der Waals surface area contributed by atoms with Crippen molar-refractivity contribution in [1.29, 1.82) is 5.26 Å². The fourth-order valence-electron chi connectivity index (χ4n) is 6.32. The zero-order chi connectivity index (χ0) is 26.0. The van der Waals surface area contributed by atoms with Crippen molar-refractivity contribution in [2.24, 2.45) is 28.6 Å². The predicted molar refractivity (Wildman–Crippen MR) is 148 cm³/mol. The van der Waals surface area contributed by atoms with Gasteiger partial charge in [-0.3, -0.25) is 0 Å². The van der Waals surface area contributed by atoms with Crippen molar-refractivity contribution in [3.05, 3.63) is 24.0 Å². The predicted octanol–water partition coefficient (Wildman–Crippen LogP) is 8.82. The lowest BCUT2D eigenvalue weighted by molar-refractivity contribution is -0.129. The molecule has 0 aromatic carbocycles. The van der Waals surface area contributed by atoms with Crippen molar-refractivity contribution in [2.75, 3.05) is 0 Å². The van der Waals surface area contributed by atoms with Gasteiger partial charge in [0.2, 0.25) is 8.32 Å². The number of fused-ring (bicyclic) bond motifs is 3. The number of hydrogen-bond acceptors (Lipinski definition) is 3. The van der Waals surface area contributed by atoms with E-state index in [1.54, 1.807) is 0 Å². The van der Waals surface area contributed by atoms with Gasteiger partial charge in [-0.25, -0.2) is 0 Å². The first-order valence-corrected chi connectivity index (χ1v) is 19.3. The van der Waals surface area contributed by atoms with E-state index in [9.17, 15) is 5.26 Å². The Morgan fingerprint density at radius 1 is 1.03 bits per heavy atom. The van der Waals surface area contributed by atoms with E-state index < -0.39 is 22.0 Å². The molecule has 3 nitrogen and oxygen atoms in total. The molecule has 192 valence electrons. The normalized spacial score (nSPS) is 36.7. The van der Waals surface area contributed by atoms with Crippen LogP contribution in [0.25, 0.3) is 0 Å². The zero-order valence-electron chi connectivity index (χ0n) is 24.1. The van der Waals surface area contributed by atoms with E-state index in [0.717, 1.165) is 25.0 Å². The minimum atomic E-state index is -2.05. The van der Waals surface area contributed by atoms with Crippen LogP contribution in [0.15, 0.2) is 24.0 Å². The molecule has 3 rings (SSSR count).